The van der Waals surface area contributed by atoms with E-state index in [9.17, 15) is 0 Å². The molecule has 0 aliphatic heterocycles. The van der Waals surface area contributed by atoms with Gasteiger partial charge in [-0.3, -0.25) is 0 Å². The summed E-state index contributed by atoms with van der Waals surface area (Å²) in [6.45, 7) is 1.05. The van der Waals surface area contributed by atoms with Crippen LogP contribution < -0.4 is 14.8 Å². The molecule has 0 aromatic heterocycles. The van der Waals surface area contributed by atoms with Crippen LogP contribution >= 0.6 is 0 Å². The summed E-state index contributed by atoms with van der Waals surface area (Å²) in [6, 6.07) is 5.95. The normalized spacial score (nSPS) is 16.7. The van der Waals surface area contributed by atoms with Crippen LogP contribution in [-0.4, -0.2) is 20.8 Å². The van der Waals surface area contributed by atoms with Crippen LogP contribution in [0.5, 0.6) is 11.5 Å². The van der Waals surface area contributed by atoms with Crippen LogP contribution in [0.15, 0.2) is 18.2 Å². The van der Waals surface area contributed by atoms with Gasteiger partial charge in [-0.25, -0.2) is 0 Å². The molecule has 1 aliphatic carbocycles. The van der Waals surface area contributed by atoms with E-state index in [4.69, 9.17) is 9.47 Å². The highest BCUT2D eigenvalue weighted by atomic mass is 16.5. The standard InChI is InChI=1S/C16H25NO2/c1-18-15-9-14(10-16(11-15)19-2)17-12-13-7-5-3-4-6-8-13/h9-11,13,17H,3-8,12H2,1-2H3. The van der Waals surface area contributed by atoms with Gasteiger partial charge in [0, 0.05) is 30.4 Å². The topological polar surface area (TPSA) is 30.5 Å². The van der Waals surface area contributed by atoms with Gasteiger partial charge in [0.2, 0.25) is 0 Å². The van der Waals surface area contributed by atoms with Gasteiger partial charge in [-0.05, 0) is 18.8 Å². The first-order valence-corrected chi connectivity index (χ1v) is 7.29. The highest BCUT2D eigenvalue weighted by Crippen LogP contribution is 2.27. The second kappa shape index (κ2) is 7.27. The van der Waals surface area contributed by atoms with E-state index < -0.39 is 0 Å². The van der Waals surface area contributed by atoms with E-state index in [0.717, 1.165) is 29.6 Å². The van der Waals surface area contributed by atoms with Crippen LogP contribution in [0, 0.1) is 5.92 Å². The van der Waals surface area contributed by atoms with Crippen LogP contribution in [0.25, 0.3) is 0 Å². The molecule has 1 fully saturated rings. The maximum Gasteiger partial charge on any atom is 0.124 e. The minimum atomic E-state index is 0.805. The largest absolute Gasteiger partial charge is 0.497 e. The van der Waals surface area contributed by atoms with Gasteiger partial charge in [-0.2, -0.15) is 0 Å². The second-order valence-electron chi connectivity index (χ2n) is 5.34. The van der Waals surface area contributed by atoms with Crippen LogP contribution in [-0.2, 0) is 0 Å². The maximum atomic E-state index is 5.29. The van der Waals surface area contributed by atoms with Gasteiger partial charge in [0.05, 0.1) is 14.2 Å². The molecule has 19 heavy (non-hydrogen) atoms. The lowest BCUT2D eigenvalue weighted by Gasteiger charge is -2.16. The molecule has 2 rings (SSSR count). The molecule has 0 radical (unpaired) electrons. The first kappa shape index (κ1) is 14.0. The Labute approximate surface area is 116 Å². The van der Waals surface area contributed by atoms with Gasteiger partial charge in [0.15, 0.2) is 0 Å². The van der Waals surface area contributed by atoms with E-state index in [0.29, 0.717) is 0 Å². The fourth-order valence-corrected chi connectivity index (χ4v) is 2.74. The second-order valence-corrected chi connectivity index (χ2v) is 5.34. The molecule has 1 aromatic rings. The van der Waals surface area contributed by atoms with Gasteiger partial charge < -0.3 is 14.8 Å². The molecule has 0 atom stereocenters. The number of hydrogen-bond acceptors (Lipinski definition) is 3. The summed E-state index contributed by atoms with van der Waals surface area (Å²) in [5, 5.41) is 3.53. The van der Waals surface area contributed by atoms with E-state index in [-0.39, 0.29) is 0 Å². The van der Waals surface area contributed by atoms with Crippen molar-refractivity contribution in [2.75, 3.05) is 26.1 Å². The van der Waals surface area contributed by atoms with Gasteiger partial charge in [-0.1, -0.05) is 25.7 Å². The Bertz CT molecular complexity index is 362. The van der Waals surface area contributed by atoms with E-state index in [1.54, 1.807) is 14.2 Å². The molecular weight excluding hydrogens is 238 g/mol. The third-order valence-electron chi connectivity index (χ3n) is 3.92. The van der Waals surface area contributed by atoms with Crippen LogP contribution in [0.3, 0.4) is 0 Å². The third kappa shape index (κ3) is 4.34. The van der Waals surface area contributed by atoms with Crippen molar-refractivity contribution < 1.29 is 9.47 Å². The molecule has 0 amide bonds. The number of nitrogens with one attached hydrogen (secondary N) is 1. The summed E-state index contributed by atoms with van der Waals surface area (Å²) in [4.78, 5) is 0. The monoisotopic (exact) mass is 263 g/mol. The van der Waals surface area contributed by atoms with E-state index in [1.165, 1.54) is 38.5 Å². The molecule has 0 spiro atoms. The number of anilines is 1. The van der Waals surface area contributed by atoms with Crippen molar-refractivity contribution in [3.8, 4) is 11.5 Å². The number of hydrogen-bond donors (Lipinski definition) is 1. The molecule has 1 aliphatic rings. The van der Waals surface area contributed by atoms with E-state index in [2.05, 4.69) is 5.32 Å². The zero-order valence-electron chi connectivity index (χ0n) is 12.1. The van der Waals surface area contributed by atoms with Crippen molar-refractivity contribution in [1.29, 1.82) is 0 Å². The third-order valence-corrected chi connectivity index (χ3v) is 3.92. The minimum absolute atomic E-state index is 0.805. The molecule has 106 valence electrons. The molecule has 1 aromatic carbocycles. The number of ether oxygens (including phenoxy) is 2. The zero-order valence-corrected chi connectivity index (χ0v) is 12.1. The minimum Gasteiger partial charge on any atom is -0.497 e. The molecule has 0 bridgehead atoms. The quantitative estimate of drug-likeness (QED) is 0.812. The molecule has 0 heterocycles. The Hall–Kier alpha value is -1.38. The molecule has 1 N–H and O–H groups in total. The average Bonchev–Trinajstić information content (AvgIpc) is 2.73. The van der Waals surface area contributed by atoms with Crippen molar-refractivity contribution in [1.82, 2.24) is 0 Å². The highest BCUT2D eigenvalue weighted by Gasteiger charge is 2.12. The Morgan fingerprint density at radius 3 is 2.05 bits per heavy atom. The van der Waals surface area contributed by atoms with Crippen molar-refractivity contribution in [2.45, 2.75) is 38.5 Å². The predicted octanol–water partition coefficient (Wildman–Crippen LogP) is 4.09. The van der Waals surface area contributed by atoms with Gasteiger partial charge in [0.25, 0.3) is 0 Å². The molecule has 3 nitrogen and oxygen atoms in total. The van der Waals surface area contributed by atoms with Crippen LogP contribution in [0.1, 0.15) is 38.5 Å². The fourth-order valence-electron chi connectivity index (χ4n) is 2.74. The zero-order chi connectivity index (χ0) is 13.5. The van der Waals surface area contributed by atoms with Crippen LogP contribution in [0.2, 0.25) is 0 Å². The summed E-state index contributed by atoms with van der Waals surface area (Å²) in [5.41, 5.74) is 1.08. The predicted molar refractivity (Wildman–Crippen MR) is 79.2 cm³/mol. The lowest BCUT2D eigenvalue weighted by atomic mass is 10.0. The van der Waals surface area contributed by atoms with Crippen molar-refractivity contribution >= 4 is 5.69 Å². The molecular formula is C16H25NO2. The van der Waals surface area contributed by atoms with Crippen molar-refractivity contribution in [3.05, 3.63) is 18.2 Å². The van der Waals surface area contributed by atoms with Gasteiger partial charge in [0.1, 0.15) is 11.5 Å². The summed E-state index contributed by atoms with van der Waals surface area (Å²) >= 11 is 0. The average molecular weight is 263 g/mol. The summed E-state index contributed by atoms with van der Waals surface area (Å²) in [6.07, 6.45) is 8.29. The van der Waals surface area contributed by atoms with E-state index in [1.807, 2.05) is 18.2 Å². The lowest BCUT2D eigenvalue weighted by molar-refractivity contribution is 0.394. The lowest BCUT2D eigenvalue weighted by Crippen LogP contribution is -2.13. The Morgan fingerprint density at radius 2 is 1.53 bits per heavy atom. The first-order chi connectivity index (χ1) is 9.31. The number of rotatable bonds is 5. The smallest absolute Gasteiger partial charge is 0.124 e. The molecule has 3 heteroatoms. The molecule has 1 saturated carbocycles. The van der Waals surface area contributed by atoms with Gasteiger partial charge >= 0.3 is 0 Å². The number of methoxy groups -OCH3 is 2. The Kier molecular flexibility index (Phi) is 5.37. The molecule has 0 unspecified atom stereocenters. The summed E-state index contributed by atoms with van der Waals surface area (Å²) in [5.74, 6) is 2.48. The molecule has 0 saturated heterocycles. The van der Waals surface area contributed by atoms with Crippen molar-refractivity contribution in [3.63, 3.8) is 0 Å². The van der Waals surface area contributed by atoms with Crippen LogP contribution in [0.4, 0.5) is 5.69 Å². The highest BCUT2D eigenvalue weighted by molar-refractivity contribution is 5.53. The fraction of sp³-hybridized carbons (Fsp3) is 0.625. The Morgan fingerprint density at radius 1 is 0.947 bits per heavy atom. The SMILES string of the molecule is COc1cc(NCC2CCCCCC2)cc(OC)c1. The summed E-state index contributed by atoms with van der Waals surface area (Å²) < 4.78 is 10.6. The van der Waals surface area contributed by atoms with Crippen molar-refractivity contribution in [2.24, 2.45) is 5.92 Å². The first-order valence-electron chi connectivity index (χ1n) is 7.29. The Balaban J connectivity index is 1.94. The van der Waals surface area contributed by atoms with E-state index >= 15 is 0 Å². The maximum absolute atomic E-state index is 5.29. The number of benzene rings is 1. The summed E-state index contributed by atoms with van der Waals surface area (Å²) in [7, 11) is 3.37. The van der Waals surface area contributed by atoms with Gasteiger partial charge in [-0.15, -0.1) is 0 Å².